The van der Waals surface area contributed by atoms with Crippen LogP contribution in [-0.2, 0) is 28.5 Å². The molecule has 2 aliphatic rings. The molecule has 2 fully saturated rings. The first-order valence-corrected chi connectivity index (χ1v) is 13.5. The van der Waals surface area contributed by atoms with E-state index < -0.39 is 10.1 Å². The van der Waals surface area contributed by atoms with Gasteiger partial charge in [-0.2, -0.15) is 8.42 Å². The fourth-order valence-corrected chi connectivity index (χ4v) is 4.69. The Balaban J connectivity index is 1.79. The van der Waals surface area contributed by atoms with Crippen LogP contribution >= 0.6 is 22.6 Å². The minimum atomic E-state index is -3.52. The maximum atomic E-state index is 11.7. The number of allylic oxidation sites excluding steroid dienone is 1. The van der Waals surface area contributed by atoms with Crippen LogP contribution in [0.15, 0.2) is 22.3 Å². The molecule has 4 atom stereocenters. The molecule has 0 aromatic rings. The molecule has 0 N–H and O–H groups in total. The first-order valence-electron chi connectivity index (χ1n) is 10.6. The fraction of sp³-hybridized carbons (Fsp3) is 0.818. The molecule has 8 heteroatoms. The van der Waals surface area contributed by atoms with Crippen molar-refractivity contribution in [3.8, 4) is 0 Å². The predicted molar refractivity (Wildman–Crippen MR) is 127 cm³/mol. The number of ether oxygens (including phenoxy) is 3. The van der Waals surface area contributed by atoms with Gasteiger partial charge in [0.2, 0.25) is 0 Å². The van der Waals surface area contributed by atoms with E-state index >= 15 is 0 Å². The number of hydrogen-bond acceptors (Lipinski definition) is 6. The van der Waals surface area contributed by atoms with Gasteiger partial charge in [0.1, 0.15) is 0 Å². The van der Waals surface area contributed by atoms with Gasteiger partial charge in [-0.25, -0.2) is 0 Å². The number of halogens is 1. The zero-order valence-electron chi connectivity index (χ0n) is 18.7. The van der Waals surface area contributed by atoms with Crippen molar-refractivity contribution < 1.29 is 26.8 Å². The van der Waals surface area contributed by atoms with Gasteiger partial charge in [-0.1, -0.05) is 33.9 Å². The highest BCUT2D eigenvalue weighted by Crippen LogP contribution is 2.33. The summed E-state index contributed by atoms with van der Waals surface area (Å²) in [5.41, 5.74) is 1.14. The lowest BCUT2D eigenvalue weighted by atomic mass is 9.95. The smallest absolute Gasteiger partial charge is 0.264 e. The molecule has 30 heavy (non-hydrogen) atoms. The Kier molecular flexibility index (Phi) is 9.83. The molecule has 0 aliphatic carbocycles. The molecule has 0 aromatic heterocycles. The van der Waals surface area contributed by atoms with Gasteiger partial charge >= 0.3 is 0 Å². The van der Waals surface area contributed by atoms with Crippen molar-refractivity contribution in [3.05, 3.63) is 22.3 Å². The average Bonchev–Trinajstić information content (AvgIpc) is 2.97. The van der Waals surface area contributed by atoms with Crippen LogP contribution in [0.5, 0.6) is 0 Å². The molecule has 2 aliphatic heterocycles. The molecule has 2 saturated heterocycles. The molecule has 0 saturated carbocycles. The van der Waals surface area contributed by atoms with Crippen LogP contribution in [0, 0.1) is 11.3 Å². The number of rotatable bonds is 11. The lowest BCUT2D eigenvalue weighted by molar-refractivity contribution is -0.225. The first kappa shape index (κ1) is 26.3. The van der Waals surface area contributed by atoms with Crippen LogP contribution in [0.4, 0.5) is 0 Å². The highest BCUT2D eigenvalue weighted by Gasteiger charge is 2.32. The largest absolute Gasteiger partial charge is 0.370 e. The van der Waals surface area contributed by atoms with Crippen LogP contribution in [0.3, 0.4) is 0 Å². The molecule has 0 radical (unpaired) electrons. The molecule has 0 bridgehead atoms. The molecular weight excluding hydrogens is 519 g/mol. The average molecular weight is 557 g/mol. The second kappa shape index (κ2) is 11.2. The van der Waals surface area contributed by atoms with E-state index in [0.29, 0.717) is 32.5 Å². The van der Waals surface area contributed by atoms with Crippen molar-refractivity contribution in [1.29, 1.82) is 0 Å². The molecule has 174 valence electrons. The van der Waals surface area contributed by atoms with E-state index in [0.717, 1.165) is 34.7 Å². The third kappa shape index (κ3) is 9.24. The van der Waals surface area contributed by atoms with E-state index in [1.807, 2.05) is 6.92 Å². The van der Waals surface area contributed by atoms with E-state index in [1.54, 1.807) is 0 Å². The maximum absolute atomic E-state index is 11.7. The van der Waals surface area contributed by atoms with Crippen LogP contribution in [-0.4, -0.2) is 52.5 Å². The summed E-state index contributed by atoms with van der Waals surface area (Å²) in [5.74, 6) is 0.179. The summed E-state index contributed by atoms with van der Waals surface area (Å²) in [6, 6.07) is 0. The topological polar surface area (TPSA) is 71.1 Å². The first-order chi connectivity index (χ1) is 13.8. The molecular formula is C22H37IO6S. The summed E-state index contributed by atoms with van der Waals surface area (Å²) in [7, 11) is -3.52. The van der Waals surface area contributed by atoms with Crippen molar-refractivity contribution in [2.24, 2.45) is 11.3 Å². The molecule has 0 spiro atoms. The molecule has 0 unspecified atom stereocenters. The summed E-state index contributed by atoms with van der Waals surface area (Å²) >= 11 is 2.18. The van der Waals surface area contributed by atoms with Crippen LogP contribution in [0.25, 0.3) is 0 Å². The van der Waals surface area contributed by atoms with Gasteiger partial charge in [0, 0.05) is 11.8 Å². The summed E-state index contributed by atoms with van der Waals surface area (Å²) in [6.45, 7) is 15.9. The zero-order chi connectivity index (χ0) is 22.5. The second-order valence-corrected chi connectivity index (χ2v) is 12.5. The highest BCUT2D eigenvalue weighted by atomic mass is 127. The van der Waals surface area contributed by atoms with Gasteiger partial charge in [-0.15, -0.1) is 0 Å². The van der Waals surface area contributed by atoms with Gasteiger partial charge in [0.25, 0.3) is 10.1 Å². The Labute approximate surface area is 196 Å². The third-order valence-electron chi connectivity index (χ3n) is 5.56. The van der Waals surface area contributed by atoms with E-state index in [2.05, 4.69) is 49.6 Å². The van der Waals surface area contributed by atoms with E-state index in [9.17, 15) is 8.42 Å². The summed E-state index contributed by atoms with van der Waals surface area (Å²) in [5, 5.41) is 0. The molecule has 0 amide bonds. The summed E-state index contributed by atoms with van der Waals surface area (Å²) in [6.07, 6.45) is 4.98. The van der Waals surface area contributed by atoms with Crippen LogP contribution < -0.4 is 0 Å². The van der Waals surface area contributed by atoms with Gasteiger partial charge in [0.15, 0.2) is 6.29 Å². The Morgan fingerprint density at radius 2 is 1.90 bits per heavy atom. The van der Waals surface area contributed by atoms with Crippen molar-refractivity contribution in [2.75, 3.05) is 19.5 Å². The zero-order valence-corrected chi connectivity index (χ0v) is 21.7. The summed E-state index contributed by atoms with van der Waals surface area (Å²) in [4.78, 5) is 0. The molecule has 2 heterocycles. The Morgan fingerprint density at radius 3 is 2.47 bits per heavy atom. The van der Waals surface area contributed by atoms with Crippen molar-refractivity contribution in [1.82, 2.24) is 0 Å². The molecule has 2 rings (SSSR count). The molecule has 6 nitrogen and oxygen atoms in total. The lowest BCUT2D eigenvalue weighted by Crippen LogP contribution is -2.38. The standard InChI is InChI=1S/C22H37IO6S/c1-15(17(3)23)11-19(29-30(6,24)25)7-9-20-16(2)12-18(28-20)8-10-21-26-13-22(4,5)14-27-21/h15,18-21H,2-3,7-14H2,1,4-6H3/t15-,18-,19+,20-/m0/s1. The van der Waals surface area contributed by atoms with E-state index in [1.165, 1.54) is 0 Å². The van der Waals surface area contributed by atoms with Crippen molar-refractivity contribution >= 4 is 32.7 Å². The highest BCUT2D eigenvalue weighted by molar-refractivity contribution is 14.1. The van der Waals surface area contributed by atoms with Crippen molar-refractivity contribution in [3.63, 3.8) is 0 Å². The molecule has 0 aromatic carbocycles. The number of hydrogen-bond donors (Lipinski definition) is 0. The second-order valence-electron chi connectivity index (χ2n) is 9.49. The normalized spacial score (nSPS) is 27.2. The monoisotopic (exact) mass is 556 g/mol. The van der Waals surface area contributed by atoms with E-state index in [4.69, 9.17) is 18.4 Å². The van der Waals surface area contributed by atoms with E-state index in [-0.39, 0.29) is 35.9 Å². The Morgan fingerprint density at radius 1 is 1.27 bits per heavy atom. The summed E-state index contributed by atoms with van der Waals surface area (Å²) < 4.78 is 47.5. The fourth-order valence-electron chi connectivity index (χ4n) is 3.77. The van der Waals surface area contributed by atoms with Crippen molar-refractivity contribution in [2.45, 2.75) is 83.9 Å². The van der Waals surface area contributed by atoms with Gasteiger partial charge in [-0.3, -0.25) is 4.18 Å². The van der Waals surface area contributed by atoms with Crippen LogP contribution in [0.2, 0.25) is 0 Å². The van der Waals surface area contributed by atoms with Crippen LogP contribution in [0.1, 0.15) is 59.3 Å². The van der Waals surface area contributed by atoms with Gasteiger partial charge < -0.3 is 14.2 Å². The predicted octanol–water partition coefficient (Wildman–Crippen LogP) is 4.98. The quantitative estimate of drug-likeness (QED) is 0.203. The minimum Gasteiger partial charge on any atom is -0.370 e. The maximum Gasteiger partial charge on any atom is 0.264 e. The lowest BCUT2D eigenvalue weighted by Gasteiger charge is -2.34. The third-order valence-corrected chi connectivity index (χ3v) is 7.24. The Bertz CT molecular complexity index is 694. The SMILES string of the molecule is C=C1C[C@H](CCC2OCC(C)(C)CO2)O[C@H]1CC[C@H](C[C@H](C)C(=C)I)OS(C)(=O)=O. The van der Waals surface area contributed by atoms with Gasteiger partial charge in [-0.05, 0) is 69.8 Å². The minimum absolute atomic E-state index is 0.0640. The van der Waals surface area contributed by atoms with Gasteiger partial charge in [0.05, 0.1) is 37.8 Å². The Hall–Kier alpha value is -0.0000000000000000555.